The second-order valence-corrected chi connectivity index (χ2v) is 4.01. The maximum atomic E-state index is 4.34. The Kier molecular flexibility index (Phi) is 2.12. The van der Waals surface area contributed by atoms with Crippen LogP contribution in [0.4, 0.5) is 0 Å². The number of nitrogens with zero attached hydrogens (tertiary/aromatic N) is 2. The predicted octanol–water partition coefficient (Wildman–Crippen LogP) is 1.54. The minimum Gasteiger partial charge on any atom is -0.307 e. The Morgan fingerprint density at radius 2 is 2.31 bits per heavy atom. The van der Waals surface area contributed by atoms with Crippen LogP contribution >= 0.6 is 0 Å². The molecule has 0 amide bonds. The van der Waals surface area contributed by atoms with Gasteiger partial charge in [-0.15, -0.1) is 0 Å². The molecule has 3 nitrogen and oxygen atoms in total. The van der Waals surface area contributed by atoms with Crippen LogP contribution < -0.4 is 5.32 Å². The fraction of sp³-hybridized carbons (Fsp3) is 0.700. The molecular formula is C10H17N3. The Hall–Kier alpha value is -0.830. The third-order valence-corrected chi connectivity index (χ3v) is 2.58. The van der Waals surface area contributed by atoms with Crippen molar-refractivity contribution >= 4 is 0 Å². The SMILES string of the molecule is Cc1nn(C)cc1C(C)NC1CC1. The van der Waals surface area contributed by atoms with Crippen LogP contribution in [-0.2, 0) is 7.05 Å². The van der Waals surface area contributed by atoms with Crippen LogP contribution in [0.1, 0.15) is 37.1 Å². The first kappa shape index (κ1) is 8.75. The number of hydrogen-bond acceptors (Lipinski definition) is 2. The number of rotatable bonds is 3. The highest BCUT2D eigenvalue weighted by molar-refractivity contribution is 5.19. The van der Waals surface area contributed by atoms with Crippen molar-refractivity contribution in [1.82, 2.24) is 15.1 Å². The molecule has 72 valence electrons. The molecule has 0 spiro atoms. The standard InChI is InChI=1S/C10H17N3/c1-7(11-9-4-5-9)10-6-13(3)12-8(10)2/h6-7,9,11H,4-5H2,1-3H3. The molecule has 0 saturated heterocycles. The van der Waals surface area contributed by atoms with Crippen molar-refractivity contribution in [1.29, 1.82) is 0 Å². The molecule has 1 aliphatic carbocycles. The first-order valence-corrected chi connectivity index (χ1v) is 4.93. The topological polar surface area (TPSA) is 29.9 Å². The number of nitrogens with one attached hydrogen (secondary N) is 1. The monoisotopic (exact) mass is 179 g/mol. The lowest BCUT2D eigenvalue weighted by Gasteiger charge is -2.11. The minimum absolute atomic E-state index is 0.446. The maximum Gasteiger partial charge on any atom is 0.0641 e. The zero-order chi connectivity index (χ0) is 9.42. The van der Waals surface area contributed by atoms with Gasteiger partial charge in [-0.05, 0) is 26.7 Å². The molecule has 1 aromatic rings. The zero-order valence-electron chi connectivity index (χ0n) is 8.54. The largest absolute Gasteiger partial charge is 0.307 e. The average molecular weight is 179 g/mol. The van der Waals surface area contributed by atoms with E-state index in [0.29, 0.717) is 6.04 Å². The summed E-state index contributed by atoms with van der Waals surface area (Å²) in [6.07, 6.45) is 4.78. The van der Waals surface area contributed by atoms with Crippen LogP contribution in [0.25, 0.3) is 0 Å². The van der Waals surface area contributed by atoms with Gasteiger partial charge in [-0.2, -0.15) is 5.10 Å². The summed E-state index contributed by atoms with van der Waals surface area (Å²) < 4.78 is 1.88. The summed E-state index contributed by atoms with van der Waals surface area (Å²) in [5, 5.41) is 7.91. The van der Waals surface area contributed by atoms with E-state index in [0.717, 1.165) is 11.7 Å². The highest BCUT2D eigenvalue weighted by Crippen LogP contribution is 2.24. The van der Waals surface area contributed by atoms with E-state index >= 15 is 0 Å². The highest BCUT2D eigenvalue weighted by atomic mass is 15.3. The number of aryl methyl sites for hydroxylation is 2. The average Bonchev–Trinajstić information content (AvgIpc) is 2.77. The van der Waals surface area contributed by atoms with Gasteiger partial charge in [-0.25, -0.2) is 0 Å². The van der Waals surface area contributed by atoms with Crippen LogP contribution in [0.15, 0.2) is 6.20 Å². The zero-order valence-corrected chi connectivity index (χ0v) is 8.54. The first-order valence-electron chi connectivity index (χ1n) is 4.93. The van der Waals surface area contributed by atoms with Crippen LogP contribution in [0, 0.1) is 6.92 Å². The molecule has 1 unspecified atom stereocenters. The quantitative estimate of drug-likeness (QED) is 0.762. The summed E-state index contributed by atoms with van der Waals surface area (Å²) in [6, 6.07) is 1.20. The van der Waals surface area contributed by atoms with E-state index in [1.54, 1.807) is 0 Å². The van der Waals surface area contributed by atoms with E-state index in [-0.39, 0.29) is 0 Å². The number of aromatic nitrogens is 2. The van der Waals surface area contributed by atoms with Gasteiger partial charge in [0.15, 0.2) is 0 Å². The summed E-state index contributed by atoms with van der Waals surface area (Å²) in [7, 11) is 1.97. The van der Waals surface area contributed by atoms with Gasteiger partial charge >= 0.3 is 0 Å². The second-order valence-electron chi connectivity index (χ2n) is 4.01. The fourth-order valence-electron chi connectivity index (χ4n) is 1.74. The van der Waals surface area contributed by atoms with E-state index in [4.69, 9.17) is 0 Å². The molecule has 1 aliphatic rings. The van der Waals surface area contributed by atoms with E-state index in [1.165, 1.54) is 18.4 Å². The summed E-state index contributed by atoms with van der Waals surface area (Å²) in [5.41, 5.74) is 2.47. The smallest absolute Gasteiger partial charge is 0.0641 e. The van der Waals surface area contributed by atoms with Crippen molar-refractivity contribution in [3.05, 3.63) is 17.5 Å². The molecule has 13 heavy (non-hydrogen) atoms. The molecule has 0 radical (unpaired) electrons. The molecule has 1 N–H and O–H groups in total. The van der Waals surface area contributed by atoms with Gasteiger partial charge in [0.25, 0.3) is 0 Å². The predicted molar refractivity (Wildman–Crippen MR) is 52.5 cm³/mol. The molecule has 3 heteroatoms. The normalized spacial score (nSPS) is 19.0. The van der Waals surface area contributed by atoms with E-state index in [9.17, 15) is 0 Å². The van der Waals surface area contributed by atoms with Crippen molar-refractivity contribution in [3.63, 3.8) is 0 Å². The van der Waals surface area contributed by atoms with E-state index in [2.05, 4.69) is 30.5 Å². The van der Waals surface area contributed by atoms with Crippen molar-refractivity contribution in [2.24, 2.45) is 7.05 Å². The second kappa shape index (κ2) is 3.14. The molecule has 0 aromatic carbocycles. The van der Waals surface area contributed by atoms with Gasteiger partial charge in [-0.1, -0.05) is 0 Å². The summed E-state index contributed by atoms with van der Waals surface area (Å²) in [4.78, 5) is 0. The third kappa shape index (κ3) is 1.91. The van der Waals surface area contributed by atoms with Gasteiger partial charge in [-0.3, -0.25) is 4.68 Å². The molecule has 2 rings (SSSR count). The molecule has 1 fully saturated rings. The van der Waals surface area contributed by atoms with E-state index in [1.807, 2.05) is 11.7 Å². The molecular weight excluding hydrogens is 162 g/mol. The first-order chi connectivity index (χ1) is 6.16. The van der Waals surface area contributed by atoms with Crippen molar-refractivity contribution in [3.8, 4) is 0 Å². The lowest BCUT2D eigenvalue weighted by atomic mass is 10.1. The summed E-state index contributed by atoms with van der Waals surface area (Å²) in [5.74, 6) is 0. The van der Waals surface area contributed by atoms with E-state index < -0.39 is 0 Å². The van der Waals surface area contributed by atoms with Crippen LogP contribution in [0.3, 0.4) is 0 Å². The Bertz CT molecular complexity index is 299. The molecule has 1 atom stereocenters. The minimum atomic E-state index is 0.446. The molecule has 1 heterocycles. The lowest BCUT2D eigenvalue weighted by molar-refractivity contribution is 0.568. The van der Waals surface area contributed by atoms with Gasteiger partial charge in [0.2, 0.25) is 0 Å². The Morgan fingerprint density at radius 1 is 1.62 bits per heavy atom. The number of hydrogen-bond donors (Lipinski definition) is 1. The summed E-state index contributed by atoms with van der Waals surface area (Å²) in [6.45, 7) is 4.28. The lowest BCUT2D eigenvalue weighted by Crippen LogP contribution is -2.20. The Morgan fingerprint density at radius 3 is 2.77 bits per heavy atom. The van der Waals surface area contributed by atoms with Gasteiger partial charge < -0.3 is 5.32 Å². The molecule has 0 aliphatic heterocycles. The Labute approximate surface area is 79.1 Å². The van der Waals surface area contributed by atoms with Crippen LogP contribution in [-0.4, -0.2) is 15.8 Å². The molecule has 0 bridgehead atoms. The third-order valence-electron chi connectivity index (χ3n) is 2.58. The van der Waals surface area contributed by atoms with Gasteiger partial charge in [0.05, 0.1) is 5.69 Å². The van der Waals surface area contributed by atoms with Gasteiger partial charge in [0.1, 0.15) is 0 Å². The van der Waals surface area contributed by atoms with Gasteiger partial charge in [0, 0.05) is 30.9 Å². The molecule has 1 saturated carbocycles. The maximum absolute atomic E-state index is 4.34. The van der Waals surface area contributed by atoms with Crippen LogP contribution in [0.2, 0.25) is 0 Å². The van der Waals surface area contributed by atoms with Crippen LogP contribution in [0.5, 0.6) is 0 Å². The van der Waals surface area contributed by atoms with Crippen molar-refractivity contribution in [2.45, 2.75) is 38.8 Å². The summed E-state index contributed by atoms with van der Waals surface area (Å²) >= 11 is 0. The van der Waals surface area contributed by atoms with Crippen molar-refractivity contribution in [2.75, 3.05) is 0 Å². The fourth-order valence-corrected chi connectivity index (χ4v) is 1.74. The molecule has 1 aromatic heterocycles. The van der Waals surface area contributed by atoms with Crippen molar-refractivity contribution < 1.29 is 0 Å². The Balaban J connectivity index is 2.08. The highest BCUT2D eigenvalue weighted by Gasteiger charge is 2.24.